The Morgan fingerprint density at radius 3 is 2.50 bits per heavy atom. The van der Waals surface area contributed by atoms with Crippen LogP contribution in [-0.4, -0.2) is 4.98 Å². The molecule has 0 aliphatic carbocycles. The highest BCUT2D eigenvalue weighted by molar-refractivity contribution is 9.10. The molecule has 0 amide bonds. The summed E-state index contributed by atoms with van der Waals surface area (Å²) in [6.45, 7) is 0.346. The third kappa shape index (κ3) is 3.96. The molecule has 2 rings (SSSR count). The number of aromatic nitrogens is 1. The second-order valence-electron chi connectivity index (χ2n) is 4.00. The van der Waals surface area contributed by atoms with Crippen LogP contribution in [0.1, 0.15) is 11.3 Å². The van der Waals surface area contributed by atoms with Crippen LogP contribution < -0.4 is 5.32 Å². The lowest BCUT2D eigenvalue weighted by molar-refractivity contribution is -0.138. The zero-order chi connectivity index (χ0) is 14.8. The smallest absolute Gasteiger partial charge is 0.379 e. The Labute approximate surface area is 130 Å². The molecule has 1 N–H and O–H groups in total. The molecule has 2 nitrogen and oxygen atoms in total. The molecule has 0 spiro atoms. The first kappa shape index (κ1) is 15.3. The number of halogens is 5. The average molecular weight is 410 g/mol. The number of nitrogens with zero attached hydrogens (tertiary/aromatic N) is 1. The zero-order valence-electron chi connectivity index (χ0n) is 10.0. The van der Waals surface area contributed by atoms with Crippen molar-refractivity contribution < 1.29 is 13.2 Å². The maximum atomic E-state index is 12.8. The van der Waals surface area contributed by atoms with Gasteiger partial charge < -0.3 is 5.32 Å². The van der Waals surface area contributed by atoms with Gasteiger partial charge in [0.25, 0.3) is 0 Å². The van der Waals surface area contributed by atoms with E-state index < -0.39 is 11.7 Å². The molecule has 0 bridgehead atoms. The summed E-state index contributed by atoms with van der Waals surface area (Å²) in [5.41, 5.74) is 0.419. The fourth-order valence-electron chi connectivity index (χ4n) is 1.59. The zero-order valence-corrected chi connectivity index (χ0v) is 13.2. The summed E-state index contributed by atoms with van der Waals surface area (Å²) in [5, 5.41) is 2.92. The van der Waals surface area contributed by atoms with E-state index >= 15 is 0 Å². The standard InChI is InChI=1S/C13H9Br2F3N2/c14-11-5-4-8(6-10(11)13(16,17)18)19-7-9-2-1-3-12(15)20-9/h1-6,19H,7H2. The van der Waals surface area contributed by atoms with Crippen LogP contribution in [0.25, 0.3) is 0 Å². The van der Waals surface area contributed by atoms with Crippen LogP contribution in [0.3, 0.4) is 0 Å². The number of hydrogen-bond acceptors (Lipinski definition) is 2. The Morgan fingerprint density at radius 2 is 1.85 bits per heavy atom. The minimum atomic E-state index is -4.38. The number of anilines is 1. The van der Waals surface area contributed by atoms with E-state index in [-0.39, 0.29) is 4.47 Å². The van der Waals surface area contributed by atoms with Crippen LogP contribution >= 0.6 is 31.9 Å². The summed E-state index contributed by atoms with van der Waals surface area (Å²) in [6.07, 6.45) is -4.38. The topological polar surface area (TPSA) is 24.9 Å². The highest BCUT2D eigenvalue weighted by atomic mass is 79.9. The third-order valence-corrected chi connectivity index (χ3v) is 3.65. The highest BCUT2D eigenvalue weighted by Gasteiger charge is 2.33. The van der Waals surface area contributed by atoms with Crippen molar-refractivity contribution in [3.8, 4) is 0 Å². The monoisotopic (exact) mass is 408 g/mol. The first-order valence-corrected chi connectivity index (χ1v) is 7.17. The van der Waals surface area contributed by atoms with Crippen molar-refractivity contribution in [1.82, 2.24) is 4.98 Å². The molecule has 0 unspecified atom stereocenters. The molecule has 2 aromatic rings. The van der Waals surface area contributed by atoms with E-state index in [1.54, 1.807) is 18.2 Å². The quantitative estimate of drug-likeness (QED) is 0.701. The van der Waals surface area contributed by atoms with Crippen LogP contribution in [0.4, 0.5) is 18.9 Å². The molecule has 0 aliphatic rings. The summed E-state index contributed by atoms with van der Waals surface area (Å²) >= 11 is 6.15. The fourth-order valence-corrected chi connectivity index (χ4v) is 2.45. The number of pyridine rings is 1. The van der Waals surface area contributed by atoms with Gasteiger partial charge in [-0.25, -0.2) is 4.98 Å². The van der Waals surface area contributed by atoms with Gasteiger partial charge in [0.1, 0.15) is 4.60 Å². The number of benzene rings is 1. The molecular formula is C13H9Br2F3N2. The van der Waals surface area contributed by atoms with Crippen LogP contribution in [0, 0.1) is 0 Å². The molecule has 0 radical (unpaired) electrons. The second-order valence-corrected chi connectivity index (χ2v) is 5.66. The molecule has 0 saturated heterocycles. The molecule has 1 aromatic heterocycles. The van der Waals surface area contributed by atoms with Gasteiger partial charge in [-0.3, -0.25) is 0 Å². The van der Waals surface area contributed by atoms with Crippen LogP contribution in [-0.2, 0) is 12.7 Å². The normalized spacial score (nSPS) is 11.4. The molecule has 1 aromatic carbocycles. The number of nitrogens with one attached hydrogen (secondary N) is 1. The molecule has 7 heteroatoms. The van der Waals surface area contributed by atoms with E-state index in [9.17, 15) is 13.2 Å². The number of alkyl halides is 3. The summed E-state index contributed by atoms with van der Waals surface area (Å²) in [4.78, 5) is 4.20. The van der Waals surface area contributed by atoms with Gasteiger partial charge in [0.05, 0.1) is 17.8 Å². The summed E-state index contributed by atoms with van der Waals surface area (Å²) in [7, 11) is 0. The molecule has 0 aliphatic heterocycles. The molecular weight excluding hydrogens is 401 g/mol. The Hall–Kier alpha value is -1.08. The predicted molar refractivity (Wildman–Crippen MR) is 78.4 cm³/mol. The van der Waals surface area contributed by atoms with E-state index in [1.165, 1.54) is 6.07 Å². The number of rotatable bonds is 3. The fraction of sp³-hybridized carbons (Fsp3) is 0.154. The summed E-state index contributed by atoms with van der Waals surface area (Å²) in [5.74, 6) is 0. The lowest BCUT2D eigenvalue weighted by atomic mass is 10.2. The van der Waals surface area contributed by atoms with Crippen molar-refractivity contribution in [2.24, 2.45) is 0 Å². The Bertz CT molecular complexity index is 615. The second kappa shape index (κ2) is 6.13. The van der Waals surface area contributed by atoms with Gasteiger partial charge in [0.15, 0.2) is 0 Å². The molecule has 20 heavy (non-hydrogen) atoms. The van der Waals surface area contributed by atoms with Crippen molar-refractivity contribution in [2.45, 2.75) is 12.7 Å². The Kier molecular flexibility index (Phi) is 4.70. The molecule has 0 saturated carbocycles. The van der Waals surface area contributed by atoms with E-state index in [0.717, 1.165) is 11.8 Å². The van der Waals surface area contributed by atoms with Crippen molar-refractivity contribution in [1.29, 1.82) is 0 Å². The maximum Gasteiger partial charge on any atom is 0.417 e. The van der Waals surface area contributed by atoms with Gasteiger partial charge in [0.2, 0.25) is 0 Å². The first-order valence-electron chi connectivity index (χ1n) is 5.58. The molecule has 0 fully saturated rings. The van der Waals surface area contributed by atoms with Crippen molar-refractivity contribution in [2.75, 3.05) is 5.32 Å². The van der Waals surface area contributed by atoms with Gasteiger partial charge in [-0.2, -0.15) is 13.2 Å². The van der Waals surface area contributed by atoms with Crippen molar-refractivity contribution in [3.05, 3.63) is 56.7 Å². The van der Waals surface area contributed by atoms with E-state index in [4.69, 9.17) is 0 Å². The highest BCUT2D eigenvalue weighted by Crippen LogP contribution is 2.36. The molecule has 0 atom stereocenters. The Morgan fingerprint density at radius 1 is 1.10 bits per heavy atom. The molecule has 106 valence electrons. The lowest BCUT2D eigenvalue weighted by Gasteiger charge is -2.12. The van der Waals surface area contributed by atoms with Crippen LogP contribution in [0.15, 0.2) is 45.5 Å². The SMILES string of the molecule is FC(F)(F)c1cc(NCc2cccc(Br)n2)ccc1Br. The van der Waals surface area contributed by atoms with Crippen LogP contribution in [0.2, 0.25) is 0 Å². The van der Waals surface area contributed by atoms with Crippen molar-refractivity contribution >= 4 is 37.5 Å². The minimum absolute atomic E-state index is 0.0242. The van der Waals surface area contributed by atoms with Gasteiger partial charge in [-0.05, 0) is 46.3 Å². The summed E-state index contributed by atoms with van der Waals surface area (Å²) in [6, 6.07) is 9.42. The minimum Gasteiger partial charge on any atom is -0.379 e. The summed E-state index contributed by atoms with van der Waals surface area (Å²) < 4.78 is 39.0. The lowest BCUT2D eigenvalue weighted by Crippen LogP contribution is -2.08. The van der Waals surface area contributed by atoms with Gasteiger partial charge in [-0.15, -0.1) is 0 Å². The van der Waals surface area contributed by atoms with Crippen LogP contribution in [0.5, 0.6) is 0 Å². The van der Waals surface area contributed by atoms with Gasteiger partial charge >= 0.3 is 6.18 Å². The van der Waals surface area contributed by atoms with Crippen molar-refractivity contribution in [3.63, 3.8) is 0 Å². The third-order valence-electron chi connectivity index (χ3n) is 2.52. The Balaban J connectivity index is 2.14. The predicted octanol–water partition coefficient (Wildman–Crippen LogP) is 5.24. The average Bonchev–Trinajstić information content (AvgIpc) is 2.36. The van der Waals surface area contributed by atoms with Gasteiger partial charge in [0, 0.05) is 10.2 Å². The van der Waals surface area contributed by atoms with E-state index in [1.807, 2.05) is 6.07 Å². The van der Waals surface area contributed by atoms with E-state index in [2.05, 4.69) is 42.2 Å². The number of hydrogen-bond donors (Lipinski definition) is 1. The van der Waals surface area contributed by atoms with E-state index in [0.29, 0.717) is 16.8 Å². The largest absolute Gasteiger partial charge is 0.417 e. The molecule has 1 heterocycles. The van der Waals surface area contributed by atoms with Gasteiger partial charge in [-0.1, -0.05) is 22.0 Å². The first-order chi connectivity index (χ1) is 9.36. The maximum absolute atomic E-state index is 12.8.